The van der Waals surface area contributed by atoms with Crippen molar-refractivity contribution < 1.29 is 14.2 Å². The van der Waals surface area contributed by atoms with Crippen LogP contribution in [0.25, 0.3) is 30.8 Å². The summed E-state index contributed by atoms with van der Waals surface area (Å²) < 4.78 is 19.5. The number of anilines is 3. The lowest BCUT2D eigenvalue weighted by molar-refractivity contribution is 0.122. The predicted octanol–water partition coefficient (Wildman–Crippen LogP) is 4.58. The van der Waals surface area contributed by atoms with Gasteiger partial charge in [0, 0.05) is 64.1 Å². The first-order chi connectivity index (χ1) is 22.3. The zero-order valence-corrected chi connectivity index (χ0v) is 27.1. The minimum Gasteiger partial charge on any atom is -0.378 e. The molecule has 234 valence electrons. The third-order valence-corrected chi connectivity index (χ3v) is 10.6. The van der Waals surface area contributed by atoms with Gasteiger partial charge in [-0.05, 0) is 24.3 Å². The summed E-state index contributed by atoms with van der Waals surface area (Å²) in [7, 11) is 0. The van der Waals surface area contributed by atoms with Gasteiger partial charge in [0.25, 0.3) is 0 Å². The van der Waals surface area contributed by atoms with E-state index in [2.05, 4.69) is 50.7 Å². The number of morpholine rings is 3. The summed E-state index contributed by atoms with van der Waals surface area (Å²) in [5.74, 6) is 0. The van der Waals surface area contributed by atoms with Gasteiger partial charge in [-0.3, -0.25) is 9.97 Å². The van der Waals surface area contributed by atoms with Crippen molar-refractivity contribution in [2.45, 2.75) is 0 Å². The average molecular weight is 664 g/mol. The lowest BCUT2D eigenvalue weighted by Crippen LogP contribution is -2.36. The van der Waals surface area contributed by atoms with Crippen LogP contribution in [0.1, 0.15) is 0 Å². The number of ether oxygens (including phenoxy) is 3. The van der Waals surface area contributed by atoms with Crippen molar-refractivity contribution in [3.05, 3.63) is 55.2 Å². The lowest BCUT2D eigenvalue weighted by Gasteiger charge is -2.25. The van der Waals surface area contributed by atoms with E-state index in [1.807, 2.05) is 36.8 Å². The predicted molar refractivity (Wildman–Crippen MR) is 181 cm³/mol. The summed E-state index contributed by atoms with van der Waals surface area (Å²) in [5.41, 5.74) is 2.88. The second kappa shape index (κ2) is 14.7. The molecule has 6 aromatic rings. The number of fused-ring (bicyclic) bond motifs is 3. The van der Waals surface area contributed by atoms with E-state index in [4.69, 9.17) is 14.2 Å². The molecule has 3 saturated heterocycles. The normalized spacial score (nSPS) is 17.2. The van der Waals surface area contributed by atoms with Gasteiger partial charge >= 0.3 is 0 Å². The molecule has 15 heteroatoms. The molecule has 9 heterocycles. The Balaban J connectivity index is 0.000000108. The average Bonchev–Trinajstić information content (AvgIpc) is 3.87. The molecule has 0 spiro atoms. The van der Waals surface area contributed by atoms with Gasteiger partial charge in [-0.15, -0.1) is 0 Å². The Morgan fingerprint density at radius 1 is 0.511 bits per heavy atom. The van der Waals surface area contributed by atoms with Crippen molar-refractivity contribution in [3.63, 3.8) is 0 Å². The molecular formula is C30H33N9O3S3. The molecule has 3 aliphatic heterocycles. The second-order valence-electron chi connectivity index (χ2n) is 10.3. The summed E-state index contributed by atoms with van der Waals surface area (Å²) in [5, 5.41) is 3.23. The Morgan fingerprint density at radius 3 is 1.64 bits per heavy atom. The first-order valence-electron chi connectivity index (χ1n) is 14.9. The Hall–Kier alpha value is -3.60. The van der Waals surface area contributed by atoms with Crippen molar-refractivity contribution in [2.75, 3.05) is 93.6 Å². The van der Waals surface area contributed by atoms with Crippen LogP contribution in [0.2, 0.25) is 0 Å². The molecule has 0 N–H and O–H groups in total. The highest BCUT2D eigenvalue weighted by atomic mass is 32.1. The van der Waals surface area contributed by atoms with Gasteiger partial charge in [-0.1, -0.05) is 34.0 Å². The van der Waals surface area contributed by atoms with Crippen LogP contribution in [0, 0.1) is 0 Å². The monoisotopic (exact) mass is 663 g/mol. The maximum Gasteiger partial charge on any atom is 0.188 e. The fraction of sp³-hybridized carbons (Fsp3) is 0.400. The molecule has 6 aromatic heterocycles. The summed E-state index contributed by atoms with van der Waals surface area (Å²) in [6.07, 6.45) is 9.06. The SMILES string of the molecule is c1cc2nc(N3CCOCC3)sc2cn1.c1cc2sc(N3CCOCC3)nc2cn1.c1cnc2nc(N3CCOCC3)sc2c1. The summed E-state index contributed by atoms with van der Waals surface area (Å²) in [4.78, 5) is 32.9. The minimum atomic E-state index is 0.795. The first kappa shape index (κ1) is 30.1. The highest BCUT2D eigenvalue weighted by Crippen LogP contribution is 2.30. The number of hydrogen-bond acceptors (Lipinski definition) is 15. The maximum atomic E-state index is 5.32. The highest BCUT2D eigenvalue weighted by Gasteiger charge is 2.17. The van der Waals surface area contributed by atoms with Crippen LogP contribution in [0.5, 0.6) is 0 Å². The van der Waals surface area contributed by atoms with E-state index >= 15 is 0 Å². The fourth-order valence-corrected chi connectivity index (χ4v) is 7.91. The number of thiazole rings is 3. The van der Waals surface area contributed by atoms with Gasteiger partial charge in [0.05, 0.1) is 65.5 Å². The van der Waals surface area contributed by atoms with Crippen molar-refractivity contribution in [1.29, 1.82) is 0 Å². The molecule has 0 saturated carbocycles. The van der Waals surface area contributed by atoms with Gasteiger partial charge in [0.2, 0.25) is 0 Å². The fourth-order valence-electron chi connectivity index (χ4n) is 4.96. The second-order valence-corrected chi connectivity index (χ2v) is 13.3. The Kier molecular flexibility index (Phi) is 9.80. The molecule has 0 bridgehead atoms. The van der Waals surface area contributed by atoms with Crippen molar-refractivity contribution in [2.24, 2.45) is 0 Å². The molecule has 9 rings (SSSR count). The molecule has 45 heavy (non-hydrogen) atoms. The minimum absolute atomic E-state index is 0.795. The molecule has 3 fully saturated rings. The zero-order valence-electron chi connectivity index (χ0n) is 24.7. The summed E-state index contributed by atoms with van der Waals surface area (Å²) in [6, 6.07) is 7.97. The molecular weight excluding hydrogens is 631 g/mol. The lowest BCUT2D eigenvalue weighted by atomic mass is 10.4. The van der Waals surface area contributed by atoms with E-state index in [0.717, 1.165) is 120 Å². The van der Waals surface area contributed by atoms with Crippen molar-refractivity contribution >= 4 is 80.2 Å². The molecule has 0 aliphatic carbocycles. The van der Waals surface area contributed by atoms with Gasteiger partial charge in [0.15, 0.2) is 21.0 Å². The number of rotatable bonds is 3. The molecule has 12 nitrogen and oxygen atoms in total. The Bertz CT molecular complexity index is 1500. The van der Waals surface area contributed by atoms with Crippen LogP contribution >= 0.6 is 34.0 Å². The maximum absolute atomic E-state index is 5.32. The summed E-state index contributed by atoms with van der Waals surface area (Å²) in [6.45, 7) is 10.4. The quantitative estimate of drug-likeness (QED) is 0.264. The molecule has 0 aromatic carbocycles. The molecule has 3 aliphatic rings. The standard InChI is InChI=1S/3C10H11N3OS/c1-2-11-7-8-9(1)15-10(12-8)13-3-5-14-6-4-13;1-2-11-7-9-8(1)12-10(15-9)13-3-5-14-6-4-13;1-2-8-9(11-3-1)12-10(15-8)13-4-6-14-7-5-13/h2*1-2,7H,3-6H2;1-3H,4-7H2. The number of aromatic nitrogens is 6. The smallest absolute Gasteiger partial charge is 0.188 e. The number of hydrogen-bond donors (Lipinski definition) is 0. The van der Waals surface area contributed by atoms with Crippen LogP contribution in [0.3, 0.4) is 0 Å². The van der Waals surface area contributed by atoms with Crippen molar-refractivity contribution in [1.82, 2.24) is 29.9 Å². The number of nitrogens with zero attached hydrogens (tertiary/aromatic N) is 9. The topological polar surface area (TPSA) is 115 Å². The molecule has 0 radical (unpaired) electrons. The van der Waals surface area contributed by atoms with E-state index in [1.54, 1.807) is 46.4 Å². The Morgan fingerprint density at radius 2 is 1.04 bits per heavy atom. The largest absolute Gasteiger partial charge is 0.378 e. The third kappa shape index (κ3) is 7.45. The van der Waals surface area contributed by atoms with Gasteiger partial charge in [0.1, 0.15) is 5.52 Å². The molecule has 0 atom stereocenters. The first-order valence-corrected chi connectivity index (χ1v) is 17.4. The van der Waals surface area contributed by atoms with Crippen LogP contribution in [-0.4, -0.2) is 109 Å². The van der Waals surface area contributed by atoms with Crippen LogP contribution in [0.15, 0.2) is 55.2 Å². The third-order valence-electron chi connectivity index (χ3n) is 7.36. The number of pyridine rings is 3. The van der Waals surface area contributed by atoms with Gasteiger partial charge in [-0.2, -0.15) is 4.98 Å². The van der Waals surface area contributed by atoms with E-state index in [9.17, 15) is 0 Å². The van der Waals surface area contributed by atoms with E-state index < -0.39 is 0 Å². The van der Waals surface area contributed by atoms with E-state index in [-0.39, 0.29) is 0 Å². The Labute approximate surface area is 272 Å². The molecule has 0 unspecified atom stereocenters. The summed E-state index contributed by atoms with van der Waals surface area (Å²) >= 11 is 5.12. The van der Waals surface area contributed by atoms with Crippen LogP contribution in [0.4, 0.5) is 15.4 Å². The van der Waals surface area contributed by atoms with Gasteiger partial charge in [-0.25, -0.2) is 15.0 Å². The van der Waals surface area contributed by atoms with Gasteiger partial charge < -0.3 is 28.9 Å². The van der Waals surface area contributed by atoms with Crippen molar-refractivity contribution in [3.8, 4) is 0 Å². The zero-order chi connectivity index (χ0) is 30.3. The highest BCUT2D eigenvalue weighted by molar-refractivity contribution is 7.22. The van der Waals surface area contributed by atoms with Crippen LogP contribution < -0.4 is 14.7 Å². The van der Waals surface area contributed by atoms with E-state index in [1.165, 1.54) is 4.70 Å². The van der Waals surface area contributed by atoms with Crippen LogP contribution in [-0.2, 0) is 14.2 Å². The molecule has 0 amide bonds. The van der Waals surface area contributed by atoms with E-state index in [0.29, 0.717) is 0 Å².